The zero-order valence-electron chi connectivity index (χ0n) is 10.2. The zero-order valence-corrected chi connectivity index (χ0v) is 10.2. The zero-order chi connectivity index (χ0) is 12.3. The molecule has 17 heavy (non-hydrogen) atoms. The SMILES string of the molecule is COc1ccc(C)cc1NC(=O)[C@H]1CCCO1. The molecule has 1 aliphatic heterocycles. The number of benzene rings is 1. The van der Waals surface area contributed by atoms with Gasteiger partial charge < -0.3 is 14.8 Å². The fourth-order valence-corrected chi connectivity index (χ4v) is 1.92. The average Bonchev–Trinajstić information content (AvgIpc) is 2.83. The van der Waals surface area contributed by atoms with Crippen LogP contribution in [0.3, 0.4) is 0 Å². The van der Waals surface area contributed by atoms with E-state index in [4.69, 9.17) is 9.47 Å². The van der Waals surface area contributed by atoms with Crippen molar-refractivity contribution in [3.8, 4) is 5.75 Å². The Bertz CT molecular complexity index is 411. The topological polar surface area (TPSA) is 47.6 Å². The molecule has 1 saturated heterocycles. The first-order valence-corrected chi connectivity index (χ1v) is 5.78. The standard InChI is InChI=1S/C13H17NO3/c1-9-5-6-11(16-2)10(8-9)14-13(15)12-4-3-7-17-12/h5-6,8,12H,3-4,7H2,1-2H3,(H,14,15)/t12-/m1/s1. The van der Waals surface area contributed by atoms with Gasteiger partial charge in [-0.15, -0.1) is 0 Å². The number of amides is 1. The summed E-state index contributed by atoms with van der Waals surface area (Å²) < 4.78 is 10.5. The highest BCUT2D eigenvalue weighted by atomic mass is 16.5. The third kappa shape index (κ3) is 2.77. The summed E-state index contributed by atoms with van der Waals surface area (Å²) in [5.74, 6) is 0.577. The van der Waals surface area contributed by atoms with Crippen molar-refractivity contribution in [3.63, 3.8) is 0 Å². The summed E-state index contributed by atoms with van der Waals surface area (Å²) >= 11 is 0. The minimum Gasteiger partial charge on any atom is -0.495 e. The van der Waals surface area contributed by atoms with E-state index in [0.29, 0.717) is 18.0 Å². The highest BCUT2D eigenvalue weighted by molar-refractivity contribution is 5.95. The molecule has 4 heteroatoms. The van der Waals surface area contributed by atoms with E-state index in [9.17, 15) is 4.79 Å². The van der Waals surface area contributed by atoms with Crippen molar-refractivity contribution in [2.45, 2.75) is 25.9 Å². The van der Waals surface area contributed by atoms with Crippen LogP contribution in [0, 0.1) is 6.92 Å². The van der Waals surface area contributed by atoms with Gasteiger partial charge in [0, 0.05) is 6.61 Å². The number of aryl methyl sites for hydroxylation is 1. The number of rotatable bonds is 3. The number of anilines is 1. The second-order valence-corrected chi connectivity index (χ2v) is 4.19. The van der Waals surface area contributed by atoms with Crippen LogP contribution in [0.1, 0.15) is 18.4 Å². The molecule has 1 fully saturated rings. The first-order chi connectivity index (χ1) is 8.20. The number of carbonyl (C=O) groups excluding carboxylic acids is 1. The molecular formula is C13H17NO3. The van der Waals surface area contributed by atoms with Crippen LogP contribution in [0.2, 0.25) is 0 Å². The lowest BCUT2D eigenvalue weighted by Crippen LogP contribution is -2.27. The molecule has 0 aliphatic carbocycles. The predicted octanol–water partition coefficient (Wildman–Crippen LogP) is 2.12. The lowest BCUT2D eigenvalue weighted by molar-refractivity contribution is -0.124. The second kappa shape index (κ2) is 5.19. The summed E-state index contributed by atoms with van der Waals surface area (Å²) in [6.45, 7) is 2.64. The van der Waals surface area contributed by atoms with Crippen LogP contribution in [0.5, 0.6) is 5.75 Å². The summed E-state index contributed by atoms with van der Waals surface area (Å²) in [6, 6.07) is 5.69. The second-order valence-electron chi connectivity index (χ2n) is 4.19. The number of nitrogens with one attached hydrogen (secondary N) is 1. The number of methoxy groups -OCH3 is 1. The van der Waals surface area contributed by atoms with E-state index in [-0.39, 0.29) is 12.0 Å². The molecule has 4 nitrogen and oxygen atoms in total. The molecule has 1 heterocycles. The van der Waals surface area contributed by atoms with Crippen molar-refractivity contribution < 1.29 is 14.3 Å². The van der Waals surface area contributed by atoms with Gasteiger partial charge in [0.1, 0.15) is 11.9 Å². The summed E-state index contributed by atoms with van der Waals surface area (Å²) in [4.78, 5) is 11.9. The Morgan fingerprint density at radius 1 is 1.53 bits per heavy atom. The third-order valence-electron chi connectivity index (χ3n) is 2.83. The molecule has 0 spiro atoms. The molecular weight excluding hydrogens is 218 g/mol. The smallest absolute Gasteiger partial charge is 0.253 e. The van der Waals surface area contributed by atoms with Crippen molar-refractivity contribution in [2.24, 2.45) is 0 Å². The first kappa shape index (κ1) is 11.9. The van der Waals surface area contributed by atoms with Gasteiger partial charge in [-0.1, -0.05) is 6.07 Å². The lowest BCUT2D eigenvalue weighted by atomic mass is 10.2. The van der Waals surface area contributed by atoms with Crippen LogP contribution in [0.25, 0.3) is 0 Å². The van der Waals surface area contributed by atoms with Crippen molar-refractivity contribution >= 4 is 11.6 Å². The van der Waals surface area contributed by atoms with Crippen LogP contribution in [0.4, 0.5) is 5.69 Å². The van der Waals surface area contributed by atoms with E-state index in [2.05, 4.69) is 5.32 Å². The summed E-state index contributed by atoms with van der Waals surface area (Å²) in [7, 11) is 1.59. The Morgan fingerprint density at radius 2 is 2.35 bits per heavy atom. The van der Waals surface area contributed by atoms with Crippen molar-refractivity contribution in [1.82, 2.24) is 0 Å². The van der Waals surface area contributed by atoms with E-state index in [1.54, 1.807) is 7.11 Å². The molecule has 1 aromatic rings. The number of carbonyl (C=O) groups is 1. The Hall–Kier alpha value is -1.55. The van der Waals surface area contributed by atoms with E-state index in [1.165, 1.54) is 0 Å². The van der Waals surface area contributed by atoms with E-state index >= 15 is 0 Å². The summed E-state index contributed by atoms with van der Waals surface area (Å²) in [5.41, 5.74) is 1.78. The molecule has 0 radical (unpaired) electrons. The molecule has 0 aromatic heterocycles. The molecule has 92 valence electrons. The maximum Gasteiger partial charge on any atom is 0.253 e. The quantitative estimate of drug-likeness (QED) is 0.873. The molecule has 1 N–H and O–H groups in total. The Morgan fingerprint density at radius 3 is 3.00 bits per heavy atom. The third-order valence-corrected chi connectivity index (χ3v) is 2.83. The van der Waals surface area contributed by atoms with Gasteiger partial charge in [0.25, 0.3) is 5.91 Å². The van der Waals surface area contributed by atoms with Crippen LogP contribution in [-0.2, 0) is 9.53 Å². The largest absolute Gasteiger partial charge is 0.495 e. The summed E-state index contributed by atoms with van der Waals surface area (Å²) in [5, 5.41) is 2.86. The van der Waals surface area contributed by atoms with Crippen LogP contribution < -0.4 is 10.1 Å². The van der Waals surface area contributed by atoms with Crippen LogP contribution in [0.15, 0.2) is 18.2 Å². The van der Waals surface area contributed by atoms with Gasteiger partial charge >= 0.3 is 0 Å². The Labute approximate surface area is 101 Å². The molecule has 0 saturated carbocycles. The number of hydrogen-bond acceptors (Lipinski definition) is 3. The fraction of sp³-hybridized carbons (Fsp3) is 0.462. The minimum atomic E-state index is -0.319. The predicted molar refractivity (Wildman–Crippen MR) is 65.3 cm³/mol. The van der Waals surface area contributed by atoms with Gasteiger partial charge in [0.15, 0.2) is 0 Å². The van der Waals surface area contributed by atoms with E-state index < -0.39 is 0 Å². The lowest BCUT2D eigenvalue weighted by Gasteiger charge is -2.13. The van der Waals surface area contributed by atoms with Crippen molar-refractivity contribution in [3.05, 3.63) is 23.8 Å². The van der Waals surface area contributed by atoms with Crippen LogP contribution in [-0.4, -0.2) is 25.7 Å². The fourth-order valence-electron chi connectivity index (χ4n) is 1.92. The molecule has 0 bridgehead atoms. The molecule has 1 amide bonds. The van der Waals surface area contributed by atoms with Gasteiger partial charge in [0.05, 0.1) is 12.8 Å². The Kier molecular flexibility index (Phi) is 3.64. The first-order valence-electron chi connectivity index (χ1n) is 5.78. The minimum absolute atomic E-state index is 0.0913. The monoisotopic (exact) mass is 235 g/mol. The average molecular weight is 235 g/mol. The summed E-state index contributed by atoms with van der Waals surface area (Å²) in [6.07, 6.45) is 1.42. The van der Waals surface area contributed by atoms with Gasteiger partial charge in [-0.25, -0.2) is 0 Å². The van der Waals surface area contributed by atoms with Gasteiger partial charge in [-0.3, -0.25) is 4.79 Å². The number of hydrogen-bond donors (Lipinski definition) is 1. The maximum absolute atomic E-state index is 11.9. The molecule has 1 aromatic carbocycles. The van der Waals surface area contributed by atoms with Crippen molar-refractivity contribution in [2.75, 3.05) is 19.0 Å². The van der Waals surface area contributed by atoms with Gasteiger partial charge in [-0.2, -0.15) is 0 Å². The van der Waals surface area contributed by atoms with E-state index in [1.807, 2.05) is 25.1 Å². The van der Waals surface area contributed by atoms with E-state index in [0.717, 1.165) is 18.4 Å². The molecule has 1 aliphatic rings. The maximum atomic E-state index is 11.9. The highest BCUT2D eigenvalue weighted by Crippen LogP contribution is 2.26. The number of ether oxygens (including phenoxy) is 2. The molecule has 2 rings (SSSR count). The molecule has 0 unspecified atom stereocenters. The van der Waals surface area contributed by atoms with Gasteiger partial charge in [-0.05, 0) is 37.5 Å². The Balaban J connectivity index is 2.11. The van der Waals surface area contributed by atoms with Gasteiger partial charge in [0.2, 0.25) is 0 Å². The normalized spacial score (nSPS) is 19.1. The highest BCUT2D eigenvalue weighted by Gasteiger charge is 2.24. The molecule has 1 atom stereocenters. The van der Waals surface area contributed by atoms with Crippen LogP contribution >= 0.6 is 0 Å². The van der Waals surface area contributed by atoms with Crippen molar-refractivity contribution in [1.29, 1.82) is 0 Å².